The van der Waals surface area contributed by atoms with Gasteiger partial charge in [-0.05, 0) is 32.1 Å². The van der Waals surface area contributed by atoms with Gasteiger partial charge in [0.05, 0.1) is 6.61 Å². The van der Waals surface area contributed by atoms with Crippen LogP contribution in [0.15, 0.2) is 12.2 Å². The minimum atomic E-state index is -0.960. The zero-order valence-corrected chi connectivity index (χ0v) is 13.4. The van der Waals surface area contributed by atoms with Gasteiger partial charge in [0, 0.05) is 6.42 Å². The largest absolute Gasteiger partial charge is 0.463 e. The maximum absolute atomic E-state index is 11.3. The Morgan fingerprint density at radius 1 is 1.05 bits per heavy atom. The molecule has 0 saturated heterocycles. The molecule has 0 amide bonds. The van der Waals surface area contributed by atoms with Gasteiger partial charge in [0.2, 0.25) is 0 Å². The van der Waals surface area contributed by atoms with Gasteiger partial charge in [-0.25, -0.2) is 0 Å². The molecular weight excluding hydrogens is 268 g/mol. The van der Waals surface area contributed by atoms with E-state index in [9.17, 15) is 4.79 Å². The highest BCUT2D eigenvalue weighted by atomic mass is 16.5. The molecule has 1 unspecified atom stereocenters. The van der Waals surface area contributed by atoms with Crippen LogP contribution in [-0.4, -0.2) is 35.5 Å². The summed E-state index contributed by atoms with van der Waals surface area (Å²) >= 11 is 0. The predicted octanol–water partition coefficient (Wildman–Crippen LogP) is 3.36. The Balaban J connectivity index is 3.26. The number of ether oxygens (including phenoxy) is 1. The summed E-state index contributed by atoms with van der Waals surface area (Å²) in [5.41, 5.74) is 0. The van der Waals surface area contributed by atoms with Crippen LogP contribution in [0, 0.1) is 0 Å². The first-order valence-corrected chi connectivity index (χ1v) is 8.30. The van der Waals surface area contributed by atoms with E-state index in [-0.39, 0.29) is 19.2 Å². The van der Waals surface area contributed by atoms with E-state index >= 15 is 0 Å². The molecule has 0 radical (unpaired) electrons. The van der Waals surface area contributed by atoms with E-state index in [1.165, 1.54) is 32.1 Å². The summed E-state index contributed by atoms with van der Waals surface area (Å²) < 4.78 is 4.83. The Hall–Kier alpha value is -0.870. The Kier molecular flexibility index (Phi) is 14.9. The Bertz CT molecular complexity index is 264. The van der Waals surface area contributed by atoms with Crippen molar-refractivity contribution in [3.05, 3.63) is 12.2 Å². The van der Waals surface area contributed by atoms with Crippen molar-refractivity contribution in [3.63, 3.8) is 0 Å². The van der Waals surface area contributed by atoms with Crippen molar-refractivity contribution in [3.8, 4) is 0 Å². The molecule has 21 heavy (non-hydrogen) atoms. The molecule has 0 fully saturated rings. The van der Waals surface area contributed by atoms with Gasteiger partial charge in [-0.15, -0.1) is 0 Å². The number of allylic oxidation sites excluding steroid dienone is 2. The molecule has 124 valence electrons. The molecule has 4 heteroatoms. The highest BCUT2D eigenvalue weighted by Crippen LogP contribution is 2.08. The highest BCUT2D eigenvalue weighted by Gasteiger charge is 2.07. The van der Waals surface area contributed by atoms with Crippen molar-refractivity contribution >= 4 is 5.97 Å². The van der Waals surface area contributed by atoms with Crippen LogP contribution in [0.2, 0.25) is 0 Å². The predicted molar refractivity (Wildman–Crippen MR) is 85.0 cm³/mol. The third-order valence-corrected chi connectivity index (χ3v) is 3.29. The van der Waals surface area contributed by atoms with Crippen LogP contribution in [0.3, 0.4) is 0 Å². The van der Waals surface area contributed by atoms with Crippen molar-refractivity contribution < 1.29 is 19.7 Å². The van der Waals surface area contributed by atoms with Crippen molar-refractivity contribution in [1.29, 1.82) is 0 Å². The summed E-state index contributed by atoms with van der Waals surface area (Å²) in [4.78, 5) is 11.3. The quantitative estimate of drug-likeness (QED) is 0.293. The summed E-state index contributed by atoms with van der Waals surface area (Å²) in [6.45, 7) is 1.73. The number of unbranched alkanes of at least 4 members (excludes halogenated alkanes) is 7. The van der Waals surface area contributed by atoms with Crippen LogP contribution in [0.4, 0.5) is 0 Å². The second kappa shape index (κ2) is 15.5. The SMILES string of the molecule is CCCCC/C=C\CCCCCCC(=O)OCC(O)CO. The fraction of sp³-hybridized carbons (Fsp3) is 0.824. The highest BCUT2D eigenvalue weighted by molar-refractivity contribution is 5.69. The van der Waals surface area contributed by atoms with Crippen LogP contribution < -0.4 is 0 Å². The van der Waals surface area contributed by atoms with Crippen LogP contribution in [-0.2, 0) is 9.53 Å². The molecule has 0 bridgehead atoms. The van der Waals surface area contributed by atoms with Gasteiger partial charge < -0.3 is 14.9 Å². The van der Waals surface area contributed by atoms with Gasteiger partial charge >= 0.3 is 5.97 Å². The molecule has 0 aromatic carbocycles. The van der Waals surface area contributed by atoms with Gasteiger partial charge in [0.15, 0.2) is 0 Å². The molecule has 0 aliphatic heterocycles. The number of hydrogen-bond donors (Lipinski definition) is 2. The first kappa shape index (κ1) is 20.1. The summed E-state index contributed by atoms with van der Waals surface area (Å²) in [5, 5.41) is 17.6. The lowest BCUT2D eigenvalue weighted by molar-refractivity contribution is -0.147. The van der Waals surface area contributed by atoms with E-state index in [2.05, 4.69) is 19.1 Å². The normalized spacial score (nSPS) is 12.7. The minimum Gasteiger partial charge on any atom is -0.463 e. The van der Waals surface area contributed by atoms with Crippen LogP contribution in [0.5, 0.6) is 0 Å². The van der Waals surface area contributed by atoms with Crippen molar-refractivity contribution in [1.82, 2.24) is 0 Å². The molecular formula is C17H32O4. The van der Waals surface area contributed by atoms with E-state index in [1.54, 1.807) is 0 Å². The lowest BCUT2D eigenvalue weighted by atomic mass is 10.1. The summed E-state index contributed by atoms with van der Waals surface area (Å²) in [7, 11) is 0. The number of aliphatic hydroxyl groups is 2. The maximum Gasteiger partial charge on any atom is 0.305 e. The first-order valence-electron chi connectivity index (χ1n) is 8.30. The van der Waals surface area contributed by atoms with Crippen LogP contribution in [0.25, 0.3) is 0 Å². The van der Waals surface area contributed by atoms with E-state index in [4.69, 9.17) is 14.9 Å². The second-order valence-corrected chi connectivity index (χ2v) is 5.44. The van der Waals surface area contributed by atoms with E-state index < -0.39 is 6.10 Å². The van der Waals surface area contributed by atoms with E-state index in [0.29, 0.717) is 6.42 Å². The van der Waals surface area contributed by atoms with Crippen molar-refractivity contribution in [2.75, 3.05) is 13.2 Å². The van der Waals surface area contributed by atoms with Gasteiger partial charge in [0.25, 0.3) is 0 Å². The average molecular weight is 300 g/mol. The number of carbonyl (C=O) groups is 1. The molecule has 0 aliphatic carbocycles. The Morgan fingerprint density at radius 3 is 2.29 bits per heavy atom. The van der Waals surface area contributed by atoms with Gasteiger partial charge in [-0.1, -0.05) is 44.8 Å². The number of esters is 1. The fourth-order valence-corrected chi connectivity index (χ4v) is 1.95. The summed E-state index contributed by atoms with van der Waals surface area (Å²) in [5.74, 6) is -0.293. The standard InChI is InChI=1S/C17H32O4/c1-2-3-4-5-6-7-8-9-10-11-12-13-17(20)21-15-16(19)14-18/h6-7,16,18-19H,2-5,8-15H2,1H3/b7-6-. The first-order chi connectivity index (χ1) is 10.2. The molecule has 0 aliphatic rings. The van der Waals surface area contributed by atoms with Crippen LogP contribution in [0.1, 0.15) is 71.1 Å². The molecule has 0 aromatic rings. The zero-order valence-electron chi connectivity index (χ0n) is 13.4. The third kappa shape index (κ3) is 15.3. The number of carbonyl (C=O) groups excluding carboxylic acids is 1. The molecule has 0 saturated carbocycles. The van der Waals surface area contributed by atoms with Gasteiger partial charge in [0.1, 0.15) is 12.7 Å². The lowest BCUT2D eigenvalue weighted by Crippen LogP contribution is -2.21. The molecule has 0 heterocycles. The van der Waals surface area contributed by atoms with Gasteiger partial charge in [-0.3, -0.25) is 4.79 Å². The molecule has 4 nitrogen and oxygen atoms in total. The maximum atomic E-state index is 11.3. The van der Waals surface area contributed by atoms with Crippen LogP contribution >= 0.6 is 0 Å². The smallest absolute Gasteiger partial charge is 0.305 e. The van der Waals surface area contributed by atoms with Crippen molar-refractivity contribution in [2.45, 2.75) is 77.2 Å². The molecule has 1 atom stereocenters. The average Bonchev–Trinajstić information content (AvgIpc) is 2.50. The molecule has 0 spiro atoms. The second-order valence-electron chi connectivity index (χ2n) is 5.44. The fourth-order valence-electron chi connectivity index (χ4n) is 1.95. The lowest BCUT2D eigenvalue weighted by Gasteiger charge is -2.08. The molecule has 0 rings (SSSR count). The molecule has 0 aromatic heterocycles. The monoisotopic (exact) mass is 300 g/mol. The number of rotatable bonds is 14. The summed E-state index contributed by atoms with van der Waals surface area (Å²) in [6.07, 6.45) is 14.3. The molecule has 2 N–H and O–H groups in total. The summed E-state index contributed by atoms with van der Waals surface area (Å²) in [6, 6.07) is 0. The minimum absolute atomic E-state index is 0.113. The van der Waals surface area contributed by atoms with E-state index in [0.717, 1.165) is 25.7 Å². The Labute approximate surface area is 129 Å². The van der Waals surface area contributed by atoms with E-state index in [1.807, 2.05) is 0 Å². The zero-order chi connectivity index (χ0) is 15.8. The topological polar surface area (TPSA) is 66.8 Å². The number of hydrogen-bond acceptors (Lipinski definition) is 4. The Morgan fingerprint density at radius 2 is 1.67 bits per heavy atom. The van der Waals surface area contributed by atoms with Gasteiger partial charge in [-0.2, -0.15) is 0 Å². The third-order valence-electron chi connectivity index (χ3n) is 3.29. The number of aliphatic hydroxyl groups excluding tert-OH is 2. The van der Waals surface area contributed by atoms with Crippen molar-refractivity contribution in [2.24, 2.45) is 0 Å².